The molecule has 286 valence electrons. The zero-order valence-electron chi connectivity index (χ0n) is 27.4. The highest BCUT2D eigenvalue weighted by Crippen LogP contribution is 2.48. The number of phenols is 2. The number of hydrogen-bond donors (Lipinski definition) is 10. The topological polar surface area (TPSA) is 310 Å². The van der Waals surface area contributed by atoms with E-state index in [0.29, 0.717) is 0 Å². The first kappa shape index (κ1) is 38.6. The van der Waals surface area contributed by atoms with Gasteiger partial charge in [-0.15, -0.1) is 0 Å². The fourth-order valence-electron chi connectivity index (χ4n) is 5.65. The Morgan fingerprint density at radius 1 is 0.750 bits per heavy atom. The molecule has 3 aliphatic heterocycles. The Kier molecular flexibility index (Phi) is 11.8. The molecule has 10 N–H and O–H groups in total. The lowest BCUT2D eigenvalue weighted by molar-refractivity contribution is -0.293. The molecule has 2 fully saturated rings. The molecule has 3 aliphatic rings. The zero-order valence-corrected chi connectivity index (χ0v) is 27.4. The van der Waals surface area contributed by atoms with Gasteiger partial charge in [0.1, 0.15) is 84.9 Å². The maximum atomic E-state index is 11.8. The summed E-state index contributed by atoms with van der Waals surface area (Å²) in [4.78, 5) is 22.6. The van der Waals surface area contributed by atoms with Gasteiger partial charge in [-0.1, -0.05) is 0 Å². The van der Waals surface area contributed by atoms with Crippen LogP contribution in [0, 0.1) is 0 Å². The summed E-state index contributed by atoms with van der Waals surface area (Å²) in [5.41, 5.74) is 0.203. The first-order valence-corrected chi connectivity index (χ1v) is 15.6. The van der Waals surface area contributed by atoms with E-state index in [4.69, 9.17) is 43.0 Å². The molecule has 3 heterocycles. The van der Waals surface area contributed by atoms with E-state index >= 15 is 0 Å². The third-order valence-corrected chi connectivity index (χ3v) is 8.40. The number of esters is 1. The highest BCUT2D eigenvalue weighted by atomic mass is 16.7. The first-order valence-electron chi connectivity index (χ1n) is 15.6. The number of methoxy groups -OCH3 is 2. The smallest absolute Gasteiger partial charge is 0.317 e. The van der Waals surface area contributed by atoms with Crippen molar-refractivity contribution < 1.29 is 98.5 Å². The summed E-state index contributed by atoms with van der Waals surface area (Å²) < 4.78 is 44.5. The molecule has 2 aromatic carbocycles. The molecular weight excluding hydrogens is 704 g/mol. The molecule has 0 saturated carbocycles. The molecule has 2 saturated heterocycles. The minimum Gasteiger partial charge on any atom is -0.508 e. The van der Waals surface area contributed by atoms with Crippen molar-refractivity contribution in [3.8, 4) is 34.5 Å². The number of fused-ring (bicyclic) bond motifs is 1. The van der Waals surface area contributed by atoms with Gasteiger partial charge in [0, 0.05) is 17.7 Å². The van der Waals surface area contributed by atoms with Gasteiger partial charge in [0.25, 0.3) is 0 Å². The third-order valence-electron chi connectivity index (χ3n) is 8.40. The minimum absolute atomic E-state index is 0.00723. The van der Waals surface area contributed by atoms with Crippen LogP contribution in [0.2, 0.25) is 0 Å². The predicted molar refractivity (Wildman–Crippen MR) is 166 cm³/mol. The van der Waals surface area contributed by atoms with Crippen molar-refractivity contribution in [2.45, 2.75) is 73.9 Å². The number of aliphatic carboxylic acids is 1. The standard InChI is InChI=1S/C32H38O20/c1-45-16-3-11(4-17(46-2)23(16)38)30-18(50-32-28(43)26(41)24(39)19(9-33)51-32)7-13-14(48-30)5-12(34)6-15(13)49-31-29(44)27(42)25(40)20(52-31)10-47-22(37)8-21(35)36/h3-7,19-20,24-34,38-44H,8-10H2,1-2H3,(H,35,36)/t19-,20+,24-,25-,26-,27-,28+,29+,30?,31+,32+/m0/s1. The van der Waals surface area contributed by atoms with Gasteiger partial charge in [-0.2, -0.15) is 0 Å². The molecule has 1 unspecified atom stereocenters. The molecule has 0 radical (unpaired) electrons. The molecule has 0 aliphatic carbocycles. The number of benzene rings is 2. The monoisotopic (exact) mass is 742 g/mol. The van der Waals surface area contributed by atoms with Crippen LogP contribution in [0.15, 0.2) is 30.0 Å². The first-order chi connectivity index (χ1) is 24.7. The highest BCUT2D eigenvalue weighted by molar-refractivity contribution is 5.90. The second kappa shape index (κ2) is 15.9. The molecule has 0 aromatic heterocycles. The molecule has 0 bridgehead atoms. The van der Waals surface area contributed by atoms with E-state index in [0.717, 1.165) is 6.07 Å². The van der Waals surface area contributed by atoms with Crippen LogP contribution in [0.5, 0.6) is 34.5 Å². The summed E-state index contributed by atoms with van der Waals surface area (Å²) in [5.74, 6) is -4.10. The van der Waals surface area contributed by atoms with E-state index in [2.05, 4.69) is 0 Å². The summed E-state index contributed by atoms with van der Waals surface area (Å²) in [6, 6.07) is 4.96. The summed E-state index contributed by atoms with van der Waals surface area (Å²) >= 11 is 0. The quantitative estimate of drug-likeness (QED) is 0.0801. The van der Waals surface area contributed by atoms with Crippen molar-refractivity contribution in [2.24, 2.45) is 0 Å². The summed E-state index contributed by atoms with van der Waals surface area (Å²) in [7, 11) is 2.56. The predicted octanol–water partition coefficient (Wildman–Crippen LogP) is -2.39. The Morgan fingerprint density at radius 3 is 1.90 bits per heavy atom. The number of hydrogen-bond acceptors (Lipinski definition) is 19. The highest BCUT2D eigenvalue weighted by Gasteiger charge is 2.48. The Bertz CT molecular complexity index is 1620. The van der Waals surface area contributed by atoms with Crippen LogP contribution in [0.3, 0.4) is 0 Å². The molecule has 2 aromatic rings. The fourth-order valence-corrected chi connectivity index (χ4v) is 5.65. The summed E-state index contributed by atoms with van der Waals surface area (Å²) in [6.45, 7) is -1.50. The normalized spacial score (nSPS) is 31.3. The lowest BCUT2D eigenvalue weighted by Crippen LogP contribution is -2.60. The van der Waals surface area contributed by atoms with E-state index in [1.54, 1.807) is 0 Å². The van der Waals surface area contributed by atoms with E-state index in [1.807, 2.05) is 0 Å². The van der Waals surface area contributed by atoms with Crippen molar-refractivity contribution in [1.82, 2.24) is 0 Å². The zero-order chi connectivity index (χ0) is 38.0. The second-order valence-corrected chi connectivity index (χ2v) is 11.9. The van der Waals surface area contributed by atoms with E-state index < -0.39 is 105 Å². The second-order valence-electron chi connectivity index (χ2n) is 11.9. The van der Waals surface area contributed by atoms with Gasteiger partial charge in [0.15, 0.2) is 17.6 Å². The number of carboxylic acid groups (broad SMARTS) is 1. The van der Waals surface area contributed by atoms with Gasteiger partial charge < -0.3 is 89.0 Å². The number of ether oxygens (including phenoxy) is 8. The van der Waals surface area contributed by atoms with Gasteiger partial charge in [-0.25, -0.2) is 0 Å². The van der Waals surface area contributed by atoms with Crippen molar-refractivity contribution in [3.63, 3.8) is 0 Å². The van der Waals surface area contributed by atoms with Crippen LogP contribution in [0.4, 0.5) is 0 Å². The number of aliphatic hydroxyl groups is 7. The van der Waals surface area contributed by atoms with Gasteiger partial charge in [-0.05, 0) is 18.2 Å². The number of aliphatic hydroxyl groups excluding tert-OH is 7. The molecular formula is C32H38O20. The molecule has 52 heavy (non-hydrogen) atoms. The van der Waals surface area contributed by atoms with Gasteiger partial charge >= 0.3 is 11.9 Å². The van der Waals surface area contributed by atoms with Crippen molar-refractivity contribution in [2.75, 3.05) is 27.4 Å². The Morgan fingerprint density at radius 2 is 1.33 bits per heavy atom. The van der Waals surface area contributed by atoms with Gasteiger partial charge in [0.2, 0.25) is 18.3 Å². The number of phenolic OH excluding ortho intramolecular Hbond substituents is 2. The van der Waals surface area contributed by atoms with Crippen molar-refractivity contribution >= 4 is 18.0 Å². The lowest BCUT2D eigenvalue weighted by atomic mass is 9.98. The van der Waals surface area contributed by atoms with Crippen LogP contribution < -0.4 is 18.9 Å². The maximum absolute atomic E-state index is 11.8. The third kappa shape index (κ3) is 7.89. The maximum Gasteiger partial charge on any atom is 0.317 e. The van der Waals surface area contributed by atoms with Crippen LogP contribution in [-0.4, -0.2) is 152 Å². The number of carbonyl (C=O) groups excluding carboxylic acids is 1. The molecule has 5 rings (SSSR count). The summed E-state index contributed by atoms with van der Waals surface area (Å²) in [6.07, 6.45) is -18.5. The molecule has 20 nitrogen and oxygen atoms in total. The lowest BCUT2D eigenvalue weighted by Gasteiger charge is -2.41. The number of carboxylic acids is 1. The molecule has 11 atom stereocenters. The number of aromatic hydroxyl groups is 2. The molecule has 0 amide bonds. The van der Waals surface area contributed by atoms with Crippen LogP contribution in [-0.2, 0) is 28.5 Å². The van der Waals surface area contributed by atoms with Crippen LogP contribution in [0.1, 0.15) is 23.7 Å². The Hall–Kier alpha value is -4.64. The van der Waals surface area contributed by atoms with Crippen molar-refractivity contribution in [1.29, 1.82) is 0 Å². The Labute approximate surface area is 293 Å². The van der Waals surface area contributed by atoms with E-state index in [1.165, 1.54) is 38.5 Å². The van der Waals surface area contributed by atoms with Crippen molar-refractivity contribution in [3.05, 3.63) is 41.2 Å². The van der Waals surface area contributed by atoms with Gasteiger partial charge in [0.05, 0.1) is 26.4 Å². The average molecular weight is 743 g/mol. The SMILES string of the molecule is COc1cc(C2Oc3cc(O)cc(O[C@@H]4O[C@H](COC(=O)CC(=O)O)[C@H](O)[C@H](O)[C@H]4O)c3C=C2O[C@@H]2O[C@@H](CO)[C@H](O)[C@H](O)[C@H]2O)cc(OC)c1O. The molecule has 0 spiro atoms. The fraction of sp³-hybridized carbons (Fsp3) is 0.500. The number of carbonyl (C=O) groups is 2. The van der Waals surface area contributed by atoms with Gasteiger partial charge in [-0.3, -0.25) is 9.59 Å². The largest absolute Gasteiger partial charge is 0.508 e. The Balaban J connectivity index is 1.53. The minimum atomic E-state index is -1.93. The van der Waals surface area contributed by atoms with E-state index in [9.17, 15) is 55.5 Å². The van der Waals surface area contributed by atoms with Crippen LogP contribution in [0.25, 0.3) is 6.08 Å². The van der Waals surface area contributed by atoms with E-state index in [-0.39, 0.29) is 45.6 Å². The summed E-state index contributed by atoms with van der Waals surface area (Å²) in [5, 5.41) is 103. The number of rotatable bonds is 12. The molecule has 20 heteroatoms. The van der Waals surface area contributed by atoms with Crippen LogP contribution >= 0.6 is 0 Å². The average Bonchev–Trinajstić information content (AvgIpc) is 3.11.